The van der Waals surface area contributed by atoms with E-state index in [2.05, 4.69) is 9.98 Å². The molecule has 132 valence electrons. The van der Waals surface area contributed by atoms with Crippen molar-refractivity contribution in [1.82, 2.24) is 9.55 Å². The van der Waals surface area contributed by atoms with Crippen molar-refractivity contribution < 1.29 is 9.84 Å². The lowest BCUT2D eigenvalue weighted by atomic mass is 10.2. The number of aromatic hydroxyl groups is 1. The summed E-state index contributed by atoms with van der Waals surface area (Å²) in [7, 11) is 1.52. The number of H-pyrrole nitrogens is 1. The van der Waals surface area contributed by atoms with Crippen LogP contribution in [0, 0.1) is 11.7 Å². The highest BCUT2D eigenvalue weighted by atomic mass is 32.1. The Balaban J connectivity index is 2.18. The SMILES string of the molecule is COc1ccccc1-n1c(O)c(C=Nc2ccccc2C)c(=O)[nH]c1=S. The number of ether oxygens (including phenoxy) is 1. The minimum absolute atomic E-state index is 0.00718. The minimum Gasteiger partial charge on any atom is -0.495 e. The Kier molecular flexibility index (Phi) is 4.99. The molecule has 0 atom stereocenters. The number of hydrogen-bond acceptors (Lipinski definition) is 5. The summed E-state index contributed by atoms with van der Waals surface area (Å²) < 4.78 is 6.72. The second kappa shape index (κ2) is 7.37. The molecule has 6 nitrogen and oxygen atoms in total. The van der Waals surface area contributed by atoms with E-state index in [1.54, 1.807) is 24.3 Å². The minimum atomic E-state index is -0.518. The highest BCUT2D eigenvalue weighted by molar-refractivity contribution is 7.71. The van der Waals surface area contributed by atoms with Gasteiger partial charge >= 0.3 is 0 Å². The van der Waals surface area contributed by atoms with Crippen LogP contribution < -0.4 is 10.3 Å². The third-order valence-corrected chi connectivity index (χ3v) is 4.18. The van der Waals surface area contributed by atoms with Gasteiger partial charge in [-0.25, -0.2) is 0 Å². The van der Waals surface area contributed by atoms with Crippen LogP contribution in [-0.2, 0) is 0 Å². The monoisotopic (exact) mass is 367 g/mol. The topological polar surface area (TPSA) is 79.6 Å². The van der Waals surface area contributed by atoms with Crippen molar-refractivity contribution in [3.05, 3.63) is 74.8 Å². The zero-order valence-electron chi connectivity index (χ0n) is 14.3. The van der Waals surface area contributed by atoms with Gasteiger partial charge in [0.2, 0.25) is 5.88 Å². The maximum atomic E-state index is 12.3. The second-order valence-electron chi connectivity index (χ2n) is 5.55. The molecule has 3 aromatic rings. The quantitative estimate of drug-likeness (QED) is 0.545. The molecule has 1 aromatic heterocycles. The van der Waals surface area contributed by atoms with E-state index < -0.39 is 5.56 Å². The maximum Gasteiger partial charge on any atom is 0.264 e. The van der Waals surface area contributed by atoms with Crippen LogP contribution in [0.3, 0.4) is 0 Å². The first-order valence-electron chi connectivity index (χ1n) is 7.84. The van der Waals surface area contributed by atoms with Crippen molar-refractivity contribution in [2.24, 2.45) is 4.99 Å². The number of benzene rings is 2. The second-order valence-corrected chi connectivity index (χ2v) is 5.94. The number of rotatable bonds is 4. The molecule has 0 unspecified atom stereocenters. The van der Waals surface area contributed by atoms with Crippen LogP contribution in [0.25, 0.3) is 5.69 Å². The van der Waals surface area contributed by atoms with Crippen LogP contribution in [0.2, 0.25) is 0 Å². The van der Waals surface area contributed by atoms with Gasteiger partial charge in [-0.15, -0.1) is 0 Å². The molecule has 2 aromatic carbocycles. The normalized spacial score (nSPS) is 11.0. The Labute approximate surface area is 155 Å². The predicted octanol–water partition coefficient (Wildman–Crippen LogP) is 3.67. The summed E-state index contributed by atoms with van der Waals surface area (Å²) in [5, 5.41) is 10.7. The maximum absolute atomic E-state index is 12.3. The largest absolute Gasteiger partial charge is 0.495 e. The van der Waals surface area contributed by atoms with E-state index in [-0.39, 0.29) is 16.2 Å². The Hall–Kier alpha value is -3.19. The molecule has 0 aliphatic heterocycles. The highest BCUT2D eigenvalue weighted by Crippen LogP contribution is 2.27. The van der Waals surface area contributed by atoms with Gasteiger partial charge in [0.05, 0.1) is 18.5 Å². The van der Waals surface area contributed by atoms with Crippen molar-refractivity contribution in [3.8, 4) is 17.3 Å². The molecule has 0 saturated carbocycles. The molecule has 2 N–H and O–H groups in total. The lowest BCUT2D eigenvalue weighted by molar-refractivity contribution is 0.402. The average Bonchev–Trinajstić information content (AvgIpc) is 2.63. The van der Waals surface area contributed by atoms with Gasteiger partial charge in [-0.3, -0.25) is 19.3 Å². The van der Waals surface area contributed by atoms with Crippen molar-refractivity contribution >= 4 is 24.1 Å². The summed E-state index contributed by atoms with van der Waals surface area (Å²) in [6.45, 7) is 1.91. The Morgan fingerprint density at radius 1 is 1.19 bits per heavy atom. The average molecular weight is 367 g/mol. The fourth-order valence-electron chi connectivity index (χ4n) is 2.54. The molecule has 26 heavy (non-hydrogen) atoms. The van der Waals surface area contributed by atoms with E-state index in [0.29, 0.717) is 17.1 Å². The third-order valence-electron chi connectivity index (χ3n) is 3.90. The van der Waals surface area contributed by atoms with Gasteiger partial charge in [-0.2, -0.15) is 0 Å². The van der Waals surface area contributed by atoms with Crippen LogP contribution in [0.1, 0.15) is 11.1 Å². The molecule has 7 heteroatoms. The number of aromatic nitrogens is 2. The fraction of sp³-hybridized carbons (Fsp3) is 0.105. The predicted molar refractivity (Wildman–Crippen MR) is 104 cm³/mol. The molecule has 0 bridgehead atoms. The molecule has 0 amide bonds. The van der Waals surface area contributed by atoms with Gasteiger partial charge < -0.3 is 9.84 Å². The van der Waals surface area contributed by atoms with Crippen LogP contribution >= 0.6 is 12.2 Å². The Bertz CT molecular complexity index is 1100. The van der Waals surface area contributed by atoms with Crippen molar-refractivity contribution in [2.45, 2.75) is 6.92 Å². The standard InChI is InChI=1S/C19H17N3O3S/c1-12-7-3-4-8-14(12)20-11-13-17(23)21-19(26)22(18(13)24)15-9-5-6-10-16(15)25-2/h3-11,24H,1-2H3,(H,21,23,26). The van der Waals surface area contributed by atoms with Crippen LogP contribution in [0.5, 0.6) is 11.6 Å². The van der Waals surface area contributed by atoms with Gasteiger partial charge in [0.25, 0.3) is 5.56 Å². The first-order valence-corrected chi connectivity index (χ1v) is 8.25. The highest BCUT2D eigenvalue weighted by Gasteiger charge is 2.15. The number of aromatic amines is 1. The number of nitrogens with one attached hydrogen (secondary N) is 1. The van der Waals surface area contributed by atoms with Gasteiger partial charge in [-0.05, 0) is 42.9 Å². The molecule has 0 fully saturated rings. The molecule has 3 rings (SSSR count). The Morgan fingerprint density at radius 2 is 1.88 bits per heavy atom. The summed E-state index contributed by atoms with van der Waals surface area (Å²) >= 11 is 5.22. The summed E-state index contributed by atoms with van der Waals surface area (Å²) in [4.78, 5) is 19.2. The molecule has 0 spiro atoms. The van der Waals surface area contributed by atoms with Crippen molar-refractivity contribution in [3.63, 3.8) is 0 Å². The zero-order chi connectivity index (χ0) is 18.7. The van der Waals surface area contributed by atoms with E-state index in [1.165, 1.54) is 17.9 Å². The number of methoxy groups -OCH3 is 1. The first-order chi connectivity index (χ1) is 12.5. The molecular formula is C19H17N3O3S. The van der Waals surface area contributed by atoms with E-state index in [9.17, 15) is 9.90 Å². The molecule has 1 heterocycles. The van der Waals surface area contributed by atoms with E-state index >= 15 is 0 Å². The van der Waals surface area contributed by atoms with Crippen LogP contribution in [0.4, 0.5) is 5.69 Å². The summed E-state index contributed by atoms with van der Waals surface area (Å²) in [5.74, 6) is 0.202. The lowest BCUT2D eigenvalue weighted by Gasteiger charge is -2.14. The molecule has 0 aliphatic carbocycles. The van der Waals surface area contributed by atoms with E-state index in [4.69, 9.17) is 17.0 Å². The summed E-state index contributed by atoms with van der Waals surface area (Å²) in [6, 6.07) is 14.6. The number of para-hydroxylation sites is 3. The molecular weight excluding hydrogens is 350 g/mol. The van der Waals surface area contributed by atoms with Crippen LogP contribution in [0.15, 0.2) is 58.3 Å². The number of aliphatic imine (C=N–C) groups is 1. The number of nitrogens with zero attached hydrogens (tertiary/aromatic N) is 2. The van der Waals surface area contributed by atoms with Crippen molar-refractivity contribution in [1.29, 1.82) is 0 Å². The summed E-state index contributed by atoms with van der Waals surface area (Å²) in [5.41, 5.74) is 1.66. The lowest BCUT2D eigenvalue weighted by Crippen LogP contribution is -2.18. The number of hydrogen-bond donors (Lipinski definition) is 2. The first kappa shape index (κ1) is 17.6. The Morgan fingerprint density at radius 3 is 2.62 bits per heavy atom. The zero-order valence-corrected chi connectivity index (χ0v) is 15.1. The van der Waals surface area contributed by atoms with Gasteiger partial charge in [-0.1, -0.05) is 30.3 Å². The van der Waals surface area contributed by atoms with Gasteiger partial charge in [0.15, 0.2) is 4.77 Å². The molecule has 0 aliphatic rings. The fourth-order valence-corrected chi connectivity index (χ4v) is 2.81. The molecule has 0 saturated heterocycles. The van der Waals surface area contributed by atoms with E-state index in [0.717, 1.165) is 5.56 Å². The van der Waals surface area contributed by atoms with Crippen molar-refractivity contribution in [2.75, 3.05) is 7.11 Å². The summed E-state index contributed by atoms with van der Waals surface area (Å²) in [6.07, 6.45) is 1.33. The van der Waals surface area contributed by atoms with E-state index in [1.807, 2.05) is 31.2 Å². The van der Waals surface area contributed by atoms with Crippen LogP contribution in [-0.4, -0.2) is 28.0 Å². The smallest absolute Gasteiger partial charge is 0.264 e. The van der Waals surface area contributed by atoms with Gasteiger partial charge in [0, 0.05) is 6.21 Å². The molecule has 0 radical (unpaired) electrons. The number of aryl methyl sites for hydroxylation is 1. The third kappa shape index (κ3) is 3.29. The van der Waals surface area contributed by atoms with Gasteiger partial charge in [0.1, 0.15) is 11.3 Å².